The normalized spacial score (nSPS) is 13.3. The summed E-state index contributed by atoms with van der Waals surface area (Å²) in [4.78, 5) is 22.7. The first-order valence-corrected chi connectivity index (χ1v) is 6.23. The monoisotopic (exact) mass is 289 g/mol. The largest absolute Gasteiger partial charge is 0.466 e. The molecule has 0 fully saturated rings. The van der Waals surface area contributed by atoms with E-state index in [1.165, 1.54) is 19.3 Å². The van der Waals surface area contributed by atoms with E-state index in [1.807, 2.05) is 6.07 Å². The molecule has 1 aromatic carbocycles. The Bertz CT molecular complexity index is 618. The van der Waals surface area contributed by atoms with Gasteiger partial charge in [-0.1, -0.05) is 6.07 Å². The SMILES string of the molecule is COC(=O)/C=C(\C)NC(=O)/C=C/c1ccc2c(c1)OCO2. The number of hydrogen-bond acceptors (Lipinski definition) is 5. The molecule has 1 aliphatic heterocycles. The summed E-state index contributed by atoms with van der Waals surface area (Å²) in [7, 11) is 1.27. The topological polar surface area (TPSA) is 73.9 Å². The molecule has 1 aliphatic rings. The molecule has 0 unspecified atom stereocenters. The van der Waals surface area contributed by atoms with Gasteiger partial charge in [-0.05, 0) is 30.7 Å². The van der Waals surface area contributed by atoms with E-state index in [9.17, 15) is 9.59 Å². The maximum atomic E-state index is 11.7. The first-order valence-electron chi connectivity index (χ1n) is 6.23. The van der Waals surface area contributed by atoms with Gasteiger partial charge in [-0.3, -0.25) is 4.79 Å². The fraction of sp³-hybridized carbons (Fsp3) is 0.200. The van der Waals surface area contributed by atoms with Crippen LogP contribution in [0.5, 0.6) is 11.5 Å². The number of hydrogen-bond donors (Lipinski definition) is 1. The molecule has 0 aromatic heterocycles. The van der Waals surface area contributed by atoms with Gasteiger partial charge >= 0.3 is 5.97 Å². The van der Waals surface area contributed by atoms with Gasteiger partial charge in [0.05, 0.1) is 7.11 Å². The minimum absolute atomic E-state index is 0.209. The summed E-state index contributed by atoms with van der Waals surface area (Å²) in [5.41, 5.74) is 1.21. The van der Waals surface area contributed by atoms with Gasteiger partial charge in [0.15, 0.2) is 11.5 Å². The fourth-order valence-corrected chi connectivity index (χ4v) is 1.70. The molecule has 0 saturated carbocycles. The summed E-state index contributed by atoms with van der Waals surface area (Å²) in [6, 6.07) is 5.38. The van der Waals surface area contributed by atoms with Gasteiger partial charge < -0.3 is 19.5 Å². The molecule has 1 heterocycles. The maximum absolute atomic E-state index is 11.7. The molecular formula is C15H15NO5. The first kappa shape index (κ1) is 14.6. The fourth-order valence-electron chi connectivity index (χ4n) is 1.70. The van der Waals surface area contributed by atoms with Gasteiger partial charge in [0.2, 0.25) is 12.7 Å². The number of allylic oxidation sites excluding steroid dienone is 1. The van der Waals surface area contributed by atoms with Crippen LogP contribution < -0.4 is 14.8 Å². The van der Waals surface area contributed by atoms with Gasteiger partial charge in [-0.15, -0.1) is 0 Å². The molecule has 21 heavy (non-hydrogen) atoms. The molecule has 1 aromatic rings. The quantitative estimate of drug-likeness (QED) is 0.673. The van der Waals surface area contributed by atoms with E-state index < -0.39 is 5.97 Å². The van der Waals surface area contributed by atoms with Crippen LogP contribution in [0.2, 0.25) is 0 Å². The standard InChI is InChI=1S/C15H15NO5/c1-10(7-15(18)19-2)16-14(17)6-4-11-3-5-12-13(8-11)21-9-20-12/h3-8H,9H2,1-2H3,(H,16,17)/b6-4+,10-7+. The average molecular weight is 289 g/mol. The third-order valence-corrected chi connectivity index (χ3v) is 2.68. The van der Waals surface area contributed by atoms with Crippen molar-refractivity contribution in [3.63, 3.8) is 0 Å². The number of carbonyl (C=O) groups excluding carboxylic acids is 2. The zero-order valence-electron chi connectivity index (χ0n) is 11.7. The maximum Gasteiger partial charge on any atom is 0.332 e. The Morgan fingerprint density at radius 2 is 2.05 bits per heavy atom. The van der Waals surface area contributed by atoms with Crippen LogP contribution in [0, 0.1) is 0 Å². The molecular weight excluding hydrogens is 274 g/mol. The number of amides is 1. The summed E-state index contributed by atoms with van der Waals surface area (Å²) in [6.07, 6.45) is 4.21. The summed E-state index contributed by atoms with van der Waals surface area (Å²) < 4.78 is 14.9. The highest BCUT2D eigenvalue weighted by molar-refractivity contribution is 5.93. The van der Waals surface area contributed by atoms with Gasteiger partial charge in [0.25, 0.3) is 0 Å². The highest BCUT2D eigenvalue weighted by atomic mass is 16.7. The van der Waals surface area contributed by atoms with Crippen molar-refractivity contribution in [2.45, 2.75) is 6.92 Å². The van der Waals surface area contributed by atoms with E-state index >= 15 is 0 Å². The predicted molar refractivity (Wildman–Crippen MR) is 75.5 cm³/mol. The highest BCUT2D eigenvalue weighted by Gasteiger charge is 2.12. The summed E-state index contributed by atoms with van der Waals surface area (Å²) >= 11 is 0. The van der Waals surface area contributed by atoms with Gasteiger partial charge in [-0.2, -0.15) is 0 Å². The molecule has 1 N–H and O–H groups in total. The van der Waals surface area contributed by atoms with Crippen molar-refractivity contribution < 1.29 is 23.8 Å². The smallest absolute Gasteiger partial charge is 0.332 e. The lowest BCUT2D eigenvalue weighted by Gasteiger charge is -2.01. The predicted octanol–water partition coefficient (Wildman–Crippen LogP) is 1.62. The van der Waals surface area contributed by atoms with Crippen LogP contribution >= 0.6 is 0 Å². The molecule has 6 nitrogen and oxygen atoms in total. The lowest BCUT2D eigenvalue weighted by Crippen LogP contribution is -2.19. The van der Waals surface area contributed by atoms with E-state index in [1.54, 1.807) is 25.1 Å². The van der Waals surface area contributed by atoms with Crippen molar-refractivity contribution in [1.29, 1.82) is 0 Å². The van der Waals surface area contributed by atoms with E-state index in [4.69, 9.17) is 9.47 Å². The van der Waals surface area contributed by atoms with Crippen molar-refractivity contribution in [3.8, 4) is 11.5 Å². The average Bonchev–Trinajstić information content (AvgIpc) is 2.92. The van der Waals surface area contributed by atoms with Crippen LogP contribution in [0.4, 0.5) is 0 Å². The number of methoxy groups -OCH3 is 1. The molecule has 0 atom stereocenters. The van der Waals surface area contributed by atoms with Crippen molar-refractivity contribution >= 4 is 18.0 Å². The van der Waals surface area contributed by atoms with Crippen molar-refractivity contribution in [1.82, 2.24) is 5.32 Å². The van der Waals surface area contributed by atoms with Gasteiger partial charge in [0.1, 0.15) is 0 Å². The molecule has 110 valence electrons. The van der Waals surface area contributed by atoms with Crippen LogP contribution in [0.25, 0.3) is 6.08 Å². The van der Waals surface area contributed by atoms with E-state index in [0.29, 0.717) is 17.2 Å². The minimum atomic E-state index is -0.521. The highest BCUT2D eigenvalue weighted by Crippen LogP contribution is 2.32. The summed E-state index contributed by atoms with van der Waals surface area (Å²) in [6.45, 7) is 1.81. The van der Waals surface area contributed by atoms with Gasteiger partial charge in [0, 0.05) is 17.8 Å². The van der Waals surface area contributed by atoms with Crippen LogP contribution in [-0.2, 0) is 14.3 Å². The molecule has 0 saturated heterocycles. The first-order chi connectivity index (χ1) is 10.1. The van der Waals surface area contributed by atoms with E-state index in [0.717, 1.165) is 5.56 Å². The molecule has 2 rings (SSSR count). The summed E-state index contributed by atoms with van der Waals surface area (Å²) in [5.74, 6) is 0.477. The molecule has 0 radical (unpaired) electrons. The second-order valence-corrected chi connectivity index (χ2v) is 4.29. The van der Waals surface area contributed by atoms with Crippen molar-refractivity contribution in [2.75, 3.05) is 13.9 Å². The van der Waals surface area contributed by atoms with Crippen LogP contribution in [0.1, 0.15) is 12.5 Å². The Balaban J connectivity index is 1.96. The number of ether oxygens (including phenoxy) is 3. The Hall–Kier alpha value is -2.76. The Labute approximate surface area is 122 Å². The Kier molecular flexibility index (Phi) is 4.61. The lowest BCUT2D eigenvalue weighted by atomic mass is 10.2. The lowest BCUT2D eigenvalue weighted by molar-refractivity contribution is -0.134. The van der Waals surface area contributed by atoms with E-state index in [2.05, 4.69) is 10.1 Å². The molecule has 6 heteroatoms. The number of fused-ring (bicyclic) bond motifs is 1. The van der Waals surface area contributed by atoms with Crippen molar-refractivity contribution in [2.24, 2.45) is 0 Å². The number of benzene rings is 1. The second-order valence-electron chi connectivity index (χ2n) is 4.29. The van der Waals surface area contributed by atoms with E-state index in [-0.39, 0.29) is 12.7 Å². The molecule has 1 amide bonds. The van der Waals surface area contributed by atoms with Crippen molar-refractivity contribution in [3.05, 3.63) is 41.6 Å². The number of carbonyl (C=O) groups is 2. The number of nitrogens with one attached hydrogen (secondary N) is 1. The Morgan fingerprint density at radius 3 is 2.81 bits per heavy atom. The molecule has 0 spiro atoms. The zero-order chi connectivity index (χ0) is 15.2. The van der Waals surface area contributed by atoms with Crippen LogP contribution in [-0.4, -0.2) is 25.8 Å². The number of rotatable bonds is 4. The third kappa shape index (κ3) is 4.10. The number of esters is 1. The zero-order valence-corrected chi connectivity index (χ0v) is 11.7. The minimum Gasteiger partial charge on any atom is -0.466 e. The molecule has 0 bridgehead atoms. The van der Waals surface area contributed by atoms with Crippen LogP contribution in [0.15, 0.2) is 36.0 Å². The van der Waals surface area contributed by atoms with Gasteiger partial charge in [-0.25, -0.2) is 4.79 Å². The van der Waals surface area contributed by atoms with Crippen LogP contribution in [0.3, 0.4) is 0 Å². The molecule has 0 aliphatic carbocycles. The Morgan fingerprint density at radius 1 is 1.29 bits per heavy atom. The third-order valence-electron chi connectivity index (χ3n) is 2.68. The summed E-state index contributed by atoms with van der Waals surface area (Å²) in [5, 5.41) is 2.55. The second kappa shape index (κ2) is 6.60.